The lowest BCUT2D eigenvalue weighted by Gasteiger charge is -2.33. The number of carbonyl (C=O) groups is 1. The number of hydrogen-bond acceptors (Lipinski definition) is 4. The van der Waals surface area contributed by atoms with Crippen LogP contribution in [0.15, 0.2) is 36.4 Å². The predicted molar refractivity (Wildman–Crippen MR) is 122 cm³/mol. The first-order chi connectivity index (χ1) is 15.4. The molecule has 1 aliphatic carbocycles. The molecule has 1 unspecified atom stereocenters. The first kappa shape index (κ1) is 23.3. The van der Waals surface area contributed by atoms with Crippen molar-refractivity contribution >= 4 is 29.2 Å². The van der Waals surface area contributed by atoms with E-state index in [2.05, 4.69) is 0 Å². The van der Waals surface area contributed by atoms with E-state index in [-0.39, 0.29) is 24.8 Å². The Morgan fingerprint density at radius 1 is 1.12 bits per heavy atom. The number of hydrogen-bond donors (Lipinski definition) is 1. The lowest BCUT2D eigenvalue weighted by Crippen LogP contribution is -2.36. The lowest BCUT2D eigenvalue weighted by molar-refractivity contribution is -0.162. The molecule has 2 aromatic rings. The highest BCUT2D eigenvalue weighted by Crippen LogP contribution is 2.46. The Labute approximate surface area is 197 Å². The largest absolute Gasteiger partial charge is 0.488 e. The molecule has 2 aliphatic rings. The zero-order chi connectivity index (χ0) is 22.7. The first-order valence-electron chi connectivity index (χ1n) is 11.2. The van der Waals surface area contributed by atoms with Crippen molar-refractivity contribution in [3.63, 3.8) is 0 Å². The zero-order valence-corrected chi connectivity index (χ0v) is 19.2. The number of carbonyl (C=O) groups excluding carboxylic acids is 1. The average Bonchev–Trinajstić information content (AvgIpc) is 2.75. The second kappa shape index (κ2) is 10.4. The van der Waals surface area contributed by atoms with Crippen LogP contribution in [0.5, 0.6) is 5.75 Å². The van der Waals surface area contributed by atoms with E-state index < -0.39 is 18.2 Å². The smallest absolute Gasteiger partial charge is 0.308 e. The third kappa shape index (κ3) is 5.56. The first-order valence-corrected chi connectivity index (χ1v) is 11.9. The Balaban J connectivity index is 1.68. The van der Waals surface area contributed by atoms with Crippen molar-refractivity contribution in [2.75, 3.05) is 6.61 Å². The molecule has 0 aromatic heterocycles. The summed E-state index contributed by atoms with van der Waals surface area (Å²) in [4.78, 5) is 11.7. The van der Waals surface area contributed by atoms with Crippen LogP contribution in [-0.2, 0) is 9.53 Å². The van der Waals surface area contributed by atoms with Gasteiger partial charge in [0.1, 0.15) is 24.3 Å². The Hall–Kier alpha value is -1.82. The molecule has 4 rings (SSSR count). The number of aliphatic hydroxyl groups excluding tert-OH is 1. The van der Waals surface area contributed by atoms with Crippen LogP contribution in [-0.4, -0.2) is 29.9 Å². The number of ether oxygens (including phenoxy) is 2. The molecule has 0 amide bonds. The van der Waals surface area contributed by atoms with Crippen LogP contribution in [0.25, 0.3) is 0 Å². The molecule has 3 atom stereocenters. The van der Waals surface area contributed by atoms with Crippen molar-refractivity contribution in [3.05, 3.63) is 63.4 Å². The number of cyclic esters (lactones) is 1. The van der Waals surface area contributed by atoms with E-state index in [1.807, 2.05) is 18.2 Å². The van der Waals surface area contributed by atoms with E-state index in [0.717, 1.165) is 36.8 Å². The maximum Gasteiger partial charge on any atom is 0.308 e. The monoisotopic (exact) mass is 480 g/mol. The Morgan fingerprint density at radius 2 is 1.84 bits per heavy atom. The maximum atomic E-state index is 13.7. The minimum absolute atomic E-state index is 0.00221. The van der Waals surface area contributed by atoms with Gasteiger partial charge in [0, 0.05) is 22.9 Å². The van der Waals surface area contributed by atoms with Crippen LogP contribution in [0, 0.1) is 11.7 Å². The minimum atomic E-state index is -0.737. The van der Waals surface area contributed by atoms with Crippen LogP contribution in [0.1, 0.15) is 62.0 Å². The number of rotatable bonds is 6. The Kier molecular flexibility index (Phi) is 7.59. The molecule has 4 nitrogen and oxygen atoms in total. The molecular weight excluding hydrogens is 454 g/mol. The van der Waals surface area contributed by atoms with Crippen molar-refractivity contribution < 1.29 is 23.8 Å². The van der Waals surface area contributed by atoms with Crippen LogP contribution in [0.3, 0.4) is 0 Å². The highest BCUT2D eigenvalue weighted by atomic mass is 35.5. The van der Waals surface area contributed by atoms with Gasteiger partial charge in [-0.2, -0.15) is 0 Å². The van der Waals surface area contributed by atoms with Crippen molar-refractivity contribution in [1.82, 2.24) is 0 Å². The third-order valence-corrected chi connectivity index (χ3v) is 6.87. The lowest BCUT2D eigenvalue weighted by atomic mass is 9.73. The molecule has 1 heterocycles. The van der Waals surface area contributed by atoms with Gasteiger partial charge in [-0.05, 0) is 48.6 Å². The van der Waals surface area contributed by atoms with Gasteiger partial charge in [0.2, 0.25) is 0 Å². The third-order valence-electron chi connectivity index (χ3n) is 6.37. The van der Waals surface area contributed by atoms with E-state index in [1.54, 1.807) is 6.07 Å². The maximum absolute atomic E-state index is 13.7. The Morgan fingerprint density at radius 3 is 2.53 bits per heavy atom. The fraction of sp³-hybridized carbons (Fsp3) is 0.480. The van der Waals surface area contributed by atoms with Crippen LogP contribution in [0.4, 0.5) is 4.39 Å². The summed E-state index contributed by atoms with van der Waals surface area (Å²) in [6.07, 6.45) is 4.63. The number of halogens is 3. The summed E-state index contributed by atoms with van der Waals surface area (Å²) in [5, 5.41) is 10.8. The summed E-state index contributed by atoms with van der Waals surface area (Å²) in [5.74, 6) is 0.0645. The molecule has 1 saturated carbocycles. The molecule has 7 heteroatoms. The fourth-order valence-electron chi connectivity index (χ4n) is 4.95. The summed E-state index contributed by atoms with van der Waals surface area (Å²) in [6.45, 7) is 0.0813. The molecule has 2 aromatic carbocycles. The van der Waals surface area contributed by atoms with Gasteiger partial charge >= 0.3 is 5.97 Å². The number of benzene rings is 2. The SMILES string of the molecule is O=C1C[C@H](O)C[C@@H](COc2c(Cl)cc(Cl)cc2C(c2ccc(F)cc2)C2CCCCC2)O1. The summed E-state index contributed by atoms with van der Waals surface area (Å²) in [7, 11) is 0. The van der Waals surface area contributed by atoms with Gasteiger partial charge in [0.25, 0.3) is 0 Å². The van der Waals surface area contributed by atoms with Crippen LogP contribution >= 0.6 is 23.2 Å². The molecule has 0 bridgehead atoms. The van der Waals surface area contributed by atoms with Gasteiger partial charge in [0.05, 0.1) is 17.5 Å². The molecule has 172 valence electrons. The van der Waals surface area contributed by atoms with Gasteiger partial charge in [0.15, 0.2) is 0 Å². The summed E-state index contributed by atoms with van der Waals surface area (Å²) in [6, 6.07) is 10.1. The normalized spacial score (nSPS) is 22.9. The molecule has 32 heavy (non-hydrogen) atoms. The summed E-state index contributed by atoms with van der Waals surface area (Å²) >= 11 is 13.0. The molecular formula is C25H27Cl2FO4. The molecule has 1 saturated heterocycles. The van der Waals surface area contributed by atoms with E-state index in [9.17, 15) is 14.3 Å². The van der Waals surface area contributed by atoms with Crippen LogP contribution < -0.4 is 4.74 Å². The second-order valence-electron chi connectivity index (χ2n) is 8.75. The van der Waals surface area contributed by atoms with Gasteiger partial charge in [-0.3, -0.25) is 4.79 Å². The van der Waals surface area contributed by atoms with E-state index >= 15 is 0 Å². The standard InChI is InChI=1S/C25H27Cl2FO4/c26-17-10-21(24(15-4-2-1-3-5-15)16-6-8-18(28)9-7-16)25(22(27)11-17)31-14-20-12-19(29)13-23(30)32-20/h6-11,15,19-20,24,29H,1-5,12-14H2/t19-,20+,24?/m1/s1. The molecule has 0 radical (unpaired) electrons. The van der Waals surface area contributed by atoms with Crippen molar-refractivity contribution in [2.45, 2.75) is 63.1 Å². The van der Waals surface area contributed by atoms with Crippen molar-refractivity contribution in [1.29, 1.82) is 0 Å². The summed E-state index contributed by atoms with van der Waals surface area (Å²) in [5.41, 5.74) is 1.84. The van der Waals surface area contributed by atoms with Gasteiger partial charge in [-0.1, -0.05) is 54.6 Å². The molecule has 0 spiro atoms. The quantitative estimate of drug-likeness (QED) is 0.493. The number of aliphatic hydroxyl groups is 1. The molecule has 1 aliphatic heterocycles. The topological polar surface area (TPSA) is 55.8 Å². The molecule has 2 fully saturated rings. The van der Waals surface area contributed by atoms with Gasteiger partial charge in [-0.15, -0.1) is 0 Å². The van der Waals surface area contributed by atoms with Crippen molar-refractivity contribution in [3.8, 4) is 5.75 Å². The van der Waals surface area contributed by atoms with E-state index in [1.165, 1.54) is 18.6 Å². The number of esters is 1. The zero-order valence-electron chi connectivity index (χ0n) is 17.7. The fourth-order valence-corrected chi connectivity index (χ4v) is 5.51. The Bertz CT molecular complexity index is 944. The molecule has 1 N–H and O–H groups in total. The highest BCUT2D eigenvalue weighted by molar-refractivity contribution is 6.35. The van der Waals surface area contributed by atoms with Crippen LogP contribution in [0.2, 0.25) is 10.0 Å². The highest BCUT2D eigenvalue weighted by Gasteiger charge is 2.32. The van der Waals surface area contributed by atoms with E-state index in [0.29, 0.717) is 28.1 Å². The van der Waals surface area contributed by atoms with Crippen molar-refractivity contribution in [2.24, 2.45) is 5.92 Å². The average molecular weight is 481 g/mol. The summed E-state index contributed by atoms with van der Waals surface area (Å²) < 4.78 is 25.1. The minimum Gasteiger partial charge on any atom is -0.488 e. The second-order valence-corrected chi connectivity index (χ2v) is 9.59. The van der Waals surface area contributed by atoms with Gasteiger partial charge in [-0.25, -0.2) is 4.39 Å². The van der Waals surface area contributed by atoms with E-state index in [4.69, 9.17) is 32.7 Å². The van der Waals surface area contributed by atoms with Gasteiger partial charge < -0.3 is 14.6 Å². The predicted octanol–water partition coefficient (Wildman–Crippen LogP) is 6.29.